The molecule has 0 radical (unpaired) electrons. The zero-order valence-electron chi connectivity index (χ0n) is 6.46. The Balaban J connectivity index is 3.61. The Hall–Kier alpha value is -1.20. The molecule has 74 valence electrons. The van der Waals surface area contributed by atoms with Gasteiger partial charge in [-0.05, 0) is 6.07 Å². The maximum absolute atomic E-state index is 12.9. The third kappa shape index (κ3) is 1.69. The first-order valence-electron chi connectivity index (χ1n) is 3.26. The van der Waals surface area contributed by atoms with Crippen molar-refractivity contribution in [2.45, 2.75) is 0 Å². The average Bonchev–Trinajstić information content (AvgIpc) is 2.11. The van der Waals surface area contributed by atoms with Gasteiger partial charge < -0.3 is 0 Å². The standard InChI is InChI=1S/C7H2Cl2FNO3/c8-5-3(2-12)1-4(10)6(9)7(5)11(13)14/h1-2H. The van der Waals surface area contributed by atoms with Crippen LogP contribution in [0.4, 0.5) is 10.1 Å². The second-order valence-electron chi connectivity index (χ2n) is 2.30. The summed E-state index contributed by atoms with van der Waals surface area (Å²) < 4.78 is 12.9. The predicted molar refractivity (Wildman–Crippen MR) is 48.5 cm³/mol. The topological polar surface area (TPSA) is 60.2 Å². The molecule has 0 aliphatic rings. The maximum Gasteiger partial charge on any atom is 0.310 e. The average molecular weight is 238 g/mol. The van der Waals surface area contributed by atoms with Crippen LogP contribution in [-0.2, 0) is 0 Å². The van der Waals surface area contributed by atoms with Crippen LogP contribution in [-0.4, -0.2) is 11.2 Å². The van der Waals surface area contributed by atoms with E-state index in [0.29, 0.717) is 0 Å². The largest absolute Gasteiger partial charge is 0.310 e. The van der Waals surface area contributed by atoms with Crippen molar-refractivity contribution in [1.29, 1.82) is 0 Å². The first-order chi connectivity index (χ1) is 6.49. The third-order valence-corrected chi connectivity index (χ3v) is 2.23. The van der Waals surface area contributed by atoms with Crippen LogP contribution in [0.3, 0.4) is 0 Å². The number of nitro groups is 1. The molecule has 0 saturated heterocycles. The van der Waals surface area contributed by atoms with Crippen molar-refractivity contribution in [3.63, 3.8) is 0 Å². The molecule has 0 aliphatic heterocycles. The van der Waals surface area contributed by atoms with Crippen molar-refractivity contribution in [1.82, 2.24) is 0 Å². The summed E-state index contributed by atoms with van der Waals surface area (Å²) in [7, 11) is 0. The molecule has 0 bridgehead atoms. The molecule has 0 saturated carbocycles. The molecule has 0 N–H and O–H groups in total. The molecule has 4 nitrogen and oxygen atoms in total. The van der Waals surface area contributed by atoms with Gasteiger partial charge in [-0.25, -0.2) is 4.39 Å². The summed E-state index contributed by atoms with van der Waals surface area (Å²) in [4.78, 5) is 19.8. The van der Waals surface area contributed by atoms with Crippen LogP contribution in [0.2, 0.25) is 10.0 Å². The number of rotatable bonds is 2. The molecule has 14 heavy (non-hydrogen) atoms. The highest BCUT2D eigenvalue weighted by atomic mass is 35.5. The lowest BCUT2D eigenvalue weighted by Gasteiger charge is -2.01. The molecule has 0 aliphatic carbocycles. The first-order valence-corrected chi connectivity index (χ1v) is 4.01. The third-order valence-electron chi connectivity index (χ3n) is 1.47. The quantitative estimate of drug-likeness (QED) is 0.344. The van der Waals surface area contributed by atoms with Crippen molar-refractivity contribution in [2.75, 3.05) is 0 Å². The number of nitrogens with zero attached hydrogens (tertiary/aromatic N) is 1. The van der Waals surface area contributed by atoms with Crippen molar-refractivity contribution in [3.05, 3.63) is 37.6 Å². The lowest BCUT2D eigenvalue weighted by atomic mass is 10.2. The first kappa shape index (κ1) is 10.9. The van der Waals surface area contributed by atoms with E-state index in [1.165, 1.54) is 0 Å². The van der Waals surface area contributed by atoms with Crippen molar-refractivity contribution in [2.24, 2.45) is 0 Å². The second kappa shape index (κ2) is 3.89. The van der Waals surface area contributed by atoms with Gasteiger partial charge >= 0.3 is 5.69 Å². The van der Waals surface area contributed by atoms with Gasteiger partial charge in [0.25, 0.3) is 0 Å². The van der Waals surface area contributed by atoms with Crippen LogP contribution in [0.15, 0.2) is 6.07 Å². The van der Waals surface area contributed by atoms with E-state index in [2.05, 4.69) is 0 Å². The van der Waals surface area contributed by atoms with Crippen LogP contribution in [0.5, 0.6) is 0 Å². The fourth-order valence-corrected chi connectivity index (χ4v) is 1.38. The van der Waals surface area contributed by atoms with Gasteiger partial charge in [0, 0.05) is 5.56 Å². The molecule has 0 spiro atoms. The molecule has 1 aromatic rings. The Morgan fingerprint density at radius 3 is 2.43 bits per heavy atom. The summed E-state index contributed by atoms with van der Waals surface area (Å²) in [6.45, 7) is 0. The summed E-state index contributed by atoms with van der Waals surface area (Å²) in [6.07, 6.45) is 0.217. The van der Waals surface area contributed by atoms with Crippen LogP contribution < -0.4 is 0 Å². The summed E-state index contributed by atoms with van der Waals surface area (Å²) in [5.41, 5.74) is -1.10. The van der Waals surface area contributed by atoms with E-state index in [1.807, 2.05) is 0 Å². The molecule has 1 aromatic carbocycles. The van der Waals surface area contributed by atoms with E-state index in [-0.39, 0.29) is 11.8 Å². The normalized spacial score (nSPS) is 9.93. The van der Waals surface area contributed by atoms with E-state index in [0.717, 1.165) is 6.07 Å². The van der Waals surface area contributed by atoms with Gasteiger partial charge in [-0.2, -0.15) is 0 Å². The zero-order valence-corrected chi connectivity index (χ0v) is 7.97. The van der Waals surface area contributed by atoms with Gasteiger partial charge in [0.1, 0.15) is 10.8 Å². The Morgan fingerprint density at radius 2 is 2.00 bits per heavy atom. The Kier molecular flexibility index (Phi) is 3.03. The number of hydrogen-bond acceptors (Lipinski definition) is 3. The molecule has 1 rings (SSSR count). The number of aldehydes is 1. The monoisotopic (exact) mass is 237 g/mol. The zero-order chi connectivity index (χ0) is 10.9. The van der Waals surface area contributed by atoms with E-state index in [1.54, 1.807) is 0 Å². The van der Waals surface area contributed by atoms with E-state index in [4.69, 9.17) is 23.2 Å². The predicted octanol–water partition coefficient (Wildman–Crippen LogP) is 2.85. The molecular weight excluding hydrogens is 236 g/mol. The molecule has 7 heteroatoms. The van der Waals surface area contributed by atoms with Crippen molar-refractivity contribution < 1.29 is 14.1 Å². The number of carbonyl (C=O) groups is 1. The minimum Gasteiger partial charge on any atom is -0.298 e. The van der Waals surface area contributed by atoms with Gasteiger partial charge in [0.2, 0.25) is 0 Å². The van der Waals surface area contributed by atoms with Gasteiger partial charge in [-0.1, -0.05) is 23.2 Å². The maximum atomic E-state index is 12.9. The van der Waals surface area contributed by atoms with Crippen LogP contribution in [0.25, 0.3) is 0 Å². The Bertz CT molecular complexity index is 422. The highest BCUT2D eigenvalue weighted by Crippen LogP contribution is 2.36. The molecule has 0 atom stereocenters. The van der Waals surface area contributed by atoms with Crippen molar-refractivity contribution in [3.8, 4) is 0 Å². The van der Waals surface area contributed by atoms with Crippen molar-refractivity contribution >= 4 is 35.2 Å². The molecular formula is C7H2Cl2FNO3. The van der Waals surface area contributed by atoms with Gasteiger partial charge in [-0.3, -0.25) is 14.9 Å². The lowest BCUT2D eigenvalue weighted by molar-refractivity contribution is -0.384. The summed E-state index contributed by atoms with van der Waals surface area (Å²) in [5.74, 6) is -1.05. The smallest absolute Gasteiger partial charge is 0.298 e. The molecule has 0 fully saturated rings. The van der Waals surface area contributed by atoms with E-state index < -0.39 is 26.5 Å². The number of nitro benzene ring substituents is 1. The minimum absolute atomic E-state index is 0.217. The lowest BCUT2D eigenvalue weighted by Crippen LogP contribution is -1.96. The minimum atomic E-state index is -1.05. The Labute approximate surface area is 87.4 Å². The van der Waals surface area contributed by atoms with Gasteiger partial charge in [0.05, 0.1) is 4.92 Å². The van der Waals surface area contributed by atoms with E-state index >= 15 is 0 Å². The molecule has 0 heterocycles. The summed E-state index contributed by atoms with van der Waals surface area (Å²) in [6, 6.07) is 0.741. The summed E-state index contributed by atoms with van der Waals surface area (Å²) in [5, 5.41) is 9.25. The fourth-order valence-electron chi connectivity index (χ4n) is 0.855. The summed E-state index contributed by atoms with van der Waals surface area (Å²) >= 11 is 10.8. The van der Waals surface area contributed by atoms with Gasteiger partial charge in [0.15, 0.2) is 11.3 Å². The number of halogens is 3. The molecule has 0 amide bonds. The molecule has 0 aromatic heterocycles. The number of hydrogen-bond donors (Lipinski definition) is 0. The number of benzene rings is 1. The highest BCUT2D eigenvalue weighted by molar-refractivity contribution is 6.39. The SMILES string of the molecule is O=Cc1cc(F)c(Cl)c([N+](=O)[O-])c1Cl. The van der Waals surface area contributed by atoms with E-state index in [9.17, 15) is 19.3 Å². The van der Waals surface area contributed by atoms with Gasteiger partial charge in [-0.15, -0.1) is 0 Å². The van der Waals surface area contributed by atoms with Crippen LogP contribution in [0, 0.1) is 15.9 Å². The van der Waals surface area contributed by atoms with Crippen LogP contribution >= 0.6 is 23.2 Å². The Morgan fingerprint density at radius 1 is 1.43 bits per heavy atom. The fraction of sp³-hybridized carbons (Fsp3) is 0. The van der Waals surface area contributed by atoms with Crippen LogP contribution in [0.1, 0.15) is 10.4 Å². The highest BCUT2D eigenvalue weighted by Gasteiger charge is 2.24. The molecule has 0 unspecified atom stereocenters. The number of carbonyl (C=O) groups excluding carboxylic acids is 1. The second-order valence-corrected chi connectivity index (χ2v) is 3.06.